The molecular formula is C14H14F3N5O. The summed E-state index contributed by atoms with van der Waals surface area (Å²) in [6.07, 6.45) is -1.90. The van der Waals surface area contributed by atoms with Gasteiger partial charge in [-0.2, -0.15) is 13.2 Å². The Labute approximate surface area is 130 Å². The van der Waals surface area contributed by atoms with Gasteiger partial charge in [-0.15, -0.1) is 0 Å². The number of aromatic nitrogens is 3. The van der Waals surface area contributed by atoms with Crippen LogP contribution in [0.5, 0.6) is 0 Å². The van der Waals surface area contributed by atoms with Crippen LogP contribution >= 0.6 is 0 Å². The molecule has 6 nitrogen and oxygen atoms in total. The molecule has 0 radical (unpaired) electrons. The average molecular weight is 325 g/mol. The van der Waals surface area contributed by atoms with Crippen LogP contribution in [0, 0.1) is 0 Å². The Bertz CT molecular complexity index is 656. The maximum Gasteiger partial charge on any atom is 0.433 e. The van der Waals surface area contributed by atoms with Gasteiger partial charge in [0, 0.05) is 19.3 Å². The van der Waals surface area contributed by atoms with Crippen molar-refractivity contribution < 1.29 is 17.9 Å². The molecule has 0 amide bonds. The van der Waals surface area contributed by atoms with E-state index in [0.717, 1.165) is 31.2 Å². The Hall–Kier alpha value is -2.42. The number of nitrogens with zero attached hydrogens (tertiary/aromatic N) is 4. The molecule has 0 aliphatic carbocycles. The minimum atomic E-state index is -4.50. The van der Waals surface area contributed by atoms with Crippen LogP contribution in [0.15, 0.2) is 30.6 Å². The summed E-state index contributed by atoms with van der Waals surface area (Å²) in [6.45, 7) is 2.83. The molecule has 3 rings (SSSR count). The quantitative estimate of drug-likeness (QED) is 0.935. The van der Waals surface area contributed by atoms with Crippen molar-refractivity contribution in [1.29, 1.82) is 0 Å². The number of nitrogens with one attached hydrogen (secondary N) is 1. The number of halogens is 3. The van der Waals surface area contributed by atoms with Crippen molar-refractivity contribution in [2.24, 2.45) is 0 Å². The van der Waals surface area contributed by atoms with E-state index < -0.39 is 11.9 Å². The molecule has 0 bridgehead atoms. The largest absolute Gasteiger partial charge is 0.433 e. The first kappa shape index (κ1) is 15.5. The number of hydrogen-bond acceptors (Lipinski definition) is 6. The van der Waals surface area contributed by atoms with Gasteiger partial charge in [0.15, 0.2) is 0 Å². The summed E-state index contributed by atoms with van der Waals surface area (Å²) < 4.78 is 43.1. The Morgan fingerprint density at radius 2 is 1.87 bits per heavy atom. The molecule has 0 saturated carbocycles. The lowest BCUT2D eigenvalue weighted by molar-refractivity contribution is -0.141. The van der Waals surface area contributed by atoms with Crippen LogP contribution < -0.4 is 10.2 Å². The molecule has 1 aliphatic rings. The Morgan fingerprint density at radius 1 is 1.09 bits per heavy atom. The summed E-state index contributed by atoms with van der Waals surface area (Å²) in [5, 5.41) is 2.72. The Kier molecular flexibility index (Phi) is 4.28. The van der Waals surface area contributed by atoms with Gasteiger partial charge in [0.2, 0.25) is 5.95 Å². The third-order valence-corrected chi connectivity index (χ3v) is 3.29. The van der Waals surface area contributed by atoms with Crippen molar-refractivity contribution in [3.8, 4) is 0 Å². The topological polar surface area (TPSA) is 63.2 Å². The summed E-state index contributed by atoms with van der Waals surface area (Å²) in [4.78, 5) is 13.6. The van der Waals surface area contributed by atoms with Crippen LogP contribution in [-0.4, -0.2) is 41.3 Å². The first-order valence-corrected chi connectivity index (χ1v) is 6.98. The van der Waals surface area contributed by atoms with E-state index in [1.165, 1.54) is 6.20 Å². The number of rotatable bonds is 3. The molecule has 0 unspecified atom stereocenters. The van der Waals surface area contributed by atoms with E-state index in [0.29, 0.717) is 18.9 Å². The van der Waals surface area contributed by atoms with Gasteiger partial charge < -0.3 is 15.0 Å². The van der Waals surface area contributed by atoms with Crippen LogP contribution in [0.25, 0.3) is 0 Å². The van der Waals surface area contributed by atoms with Crippen LogP contribution in [0.3, 0.4) is 0 Å². The van der Waals surface area contributed by atoms with Crippen molar-refractivity contribution in [1.82, 2.24) is 15.0 Å². The van der Waals surface area contributed by atoms with E-state index in [-0.39, 0.29) is 5.95 Å². The second-order valence-electron chi connectivity index (χ2n) is 4.89. The summed E-state index contributed by atoms with van der Waals surface area (Å²) in [5.41, 5.74) is -0.478. The molecule has 0 spiro atoms. The second kappa shape index (κ2) is 6.37. The molecular weight excluding hydrogens is 311 g/mol. The molecule has 1 saturated heterocycles. The second-order valence-corrected chi connectivity index (χ2v) is 4.89. The van der Waals surface area contributed by atoms with Gasteiger partial charge in [0.25, 0.3) is 0 Å². The highest BCUT2D eigenvalue weighted by Gasteiger charge is 2.32. The predicted molar refractivity (Wildman–Crippen MR) is 77.6 cm³/mol. The molecule has 1 fully saturated rings. The fraction of sp³-hybridized carbons (Fsp3) is 0.357. The van der Waals surface area contributed by atoms with Crippen molar-refractivity contribution in [3.05, 3.63) is 36.3 Å². The fourth-order valence-corrected chi connectivity index (χ4v) is 2.15. The molecule has 9 heteroatoms. The van der Waals surface area contributed by atoms with Crippen molar-refractivity contribution in [2.75, 3.05) is 36.5 Å². The van der Waals surface area contributed by atoms with E-state index in [2.05, 4.69) is 25.2 Å². The van der Waals surface area contributed by atoms with Gasteiger partial charge in [-0.1, -0.05) is 0 Å². The van der Waals surface area contributed by atoms with Crippen LogP contribution in [0.4, 0.5) is 30.6 Å². The van der Waals surface area contributed by atoms with Gasteiger partial charge in [-0.05, 0) is 18.2 Å². The number of pyridine rings is 1. The van der Waals surface area contributed by atoms with Crippen molar-refractivity contribution in [2.45, 2.75) is 6.18 Å². The zero-order valence-corrected chi connectivity index (χ0v) is 12.0. The summed E-state index contributed by atoms with van der Waals surface area (Å²) in [7, 11) is 0. The van der Waals surface area contributed by atoms with Gasteiger partial charge >= 0.3 is 6.18 Å². The lowest BCUT2D eigenvalue weighted by Gasteiger charge is -2.27. The molecule has 2 aromatic heterocycles. The van der Waals surface area contributed by atoms with Gasteiger partial charge in [-0.3, -0.25) is 0 Å². The maximum atomic E-state index is 12.6. The third kappa shape index (κ3) is 3.86. The SMILES string of the molecule is FC(F)(F)c1ccnc(Nc2ccc(N3CCOCC3)nc2)n1. The number of ether oxygens (including phenoxy) is 1. The zero-order valence-electron chi connectivity index (χ0n) is 12.0. The van der Waals surface area contributed by atoms with E-state index in [1.54, 1.807) is 12.1 Å². The van der Waals surface area contributed by atoms with E-state index in [9.17, 15) is 13.2 Å². The minimum absolute atomic E-state index is 0.124. The van der Waals surface area contributed by atoms with E-state index >= 15 is 0 Å². The standard InChI is InChI=1S/C14H14F3N5O/c15-14(16,17)11-3-4-18-13(21-11)20-10-1-2-12(19-9-10)22-5-7-23-8-6-22/h1-4,9H,5-8H2,(H,18,20,21). The highest BCUT2D eigenvalue weighted by molar-refractivity contribution is 5.55. The zero-order chi connectivity index (χ0) is 16.3. The van der Waals surface area contributed by atoms with E-state index in [4.69, 9.17) is 4.74 Å². The summed E-state index contributed by atoms with van der Waals surface area (Å²) in [6, 6.07) is 4.34. The molecule has 1 aliphatic heterocycles. The van der Waals surface area contributed by atoms with Crippen LogP contribution in [0.1, 0.15) is 5.69 Å². The molecule has 0 atom stereocenters. The normalized spacial score (nSPS) is 15.5. The smallest absolute Gasteiger partial charge is 0.378 e. The third-order valence-electron chi connectivity index (χ3n) is 3.29. The first-order valence-electron chi connectivity index (χ1n) is 6.98. The Morgan fingerprint density at radius 3 is 2.52 bits per heavy atom. The predicted octanol–water partition coefficient (Wildman–Crippen LogP) is 2.47. The maximum absolute atomic E-state index is 12.6. The summed E-state index contributed by atoms with van der Waals surface area (Å²) in [5.74, 6) is 0.671. The lowest BCUT2D eigenvalue weighted by atomic mass is 10.3. The number of morpholine rings is 1. The van der Waals surface area contributed by atoms with Crippen molar-refractivity contribution in [3.63, 3.8) is 0 Å². The van der Waals surface area contributed by atoms with Gasteiger partial charge in [-0.25, -0.2) is 15.0 Å². The van der Waals surface area contributed by atoms with Gasteiger partial charge in [0.05, 0.1) is 25.1 Å². The molecule has 3 heterocycles. The highest BCUT2D eigenvalue weighted by Crippen LogP contribution is 2.28. The lowest BCUT2D eigenvalue weighted by Crippen LogP contribution is -2.36. The van der Waals surface area contributed by atoms with Crippen LogP contribution in [0.2, 0.25) is 0 Å². The average Bonchev–Trinajstić information content (AvgIpc) is 2.56. The molecule has 23 heavy (non-hydrogen) atoms. The Balaban J connectivity index is 1.71. The number of anilines is 3. The fourth-order valence-electron chi connectivity index (χ4n) is 2.15. The highest BCUT2D eigenvalue weighted by atomic mass is 19.4. The first-order chi connectivity index (χ1) is 11.0. The molecule has 1 N–H and O–H groups in total. The summed E-state index contributed by atoms with van der Waals surface area (Å²) >= 11 is 0. The molecule has 0 aromatic carbocycles. The monoisotopic (exact) mass is 325 g/mol. The van der Waals surface area contributed by atoms with E-state index in [1.807, 2.05) is 0 Å². The van der Waals surface area contributed by atoms with Gasteiger partial charge in [0.1, 0.15) is 11.5 Å². The van der Waals surface area contributed by atoms with Crippen molar-refractivity contribution >= 4 is 17.5 Å². The minimum Gasteiger partial charge on any atom is -0.378 e. The number of alkyl halides is 3. The number of hydrogen-bond donors (Lipinski definition) is 1. The molecule has 2 aromatic rings. The molecule has 122 valence electrons. The van der Waals surface area contributed by atoms with Crippen LogP contribution in [-0.2, 0) is 10.9 Å².